The molecule has 8 heteroatoms. The zero-order valence-electron chi connectivity index (χ0n) is 18.6. The lowest BCUT2D eigenvalue weighted by Gasteiger charge is -2.22. The zero-order chi connectivity index (χ0) is 24.8. The fraction of sp³-hybridized carbons (Fsp3) is 0.111. The highest BCUT2D eigenvalue weighted by molar-refractivity contribution is 5.94. The third kappa shape index (κ3) is 6.11. The summed E-state index contributed by atoms with van der Waals surface area (Å²) in [7, 11) is 0. The van der Waals surface area contributed by atoms with Crippen molar-refractivity contribution in [2.24, 2.45) is 5.73 Å². The molecular weight excluding hydrogens is 450 g/mol. The first-order valence-corrected chi connectivity index (χ1v) is 10.9. The molecule has 3 N–H and O–H groups in total. The molecule has 0 aliphatic carbocycles. The fourth-order valence-corrected chi connectivity index (χ4v) is 3.87. The van der Waals surface area contributed by atoms with Gasteiger partial charge in [-0.1, -0.05) is 24.3 Å². The maximum absolute atomic E-state index is 13.9. The van der Waals surface area contributed by atoms with Gasteiger partial charge in [0.25, 0.3) is 0 Å². The standard InChI is InChI=1S/C27H22F2N4O2/c28-20-11-17(12-21(29)15-20)13-24(33-25(34)16-22-7-1-2-9-31-22)26-23(8-4-10-32-26)18-5-3-6-19(14-18)27(30)35/h1-12,14-15,24H,13,16H2,(H2,30,35)(H,33,34)/t24-/m0/s1. The number of nitrogens with one attached hydrogen (secondary N) is 1. The summed E-state index contributed by atoms with van der Waals surface area (Å²) in [5, 5.41) is 2.94. The number of halogens is 2. The third-order valence-corrected chi connectivity index (χ3v) is 5.39. The number of nitrogens with two attached hydrogens (primary N) is 1. The monoisotopic (exact) mass is 472 g/mol. The number of hydrogen-bond acceptors (Lipinski definition) is 4. The van der Waals surface area contributed by atoms with Crippen molar-refractivity contribution in [2.75, 3.05) is 0 Å². The number of benzene rings is 2. The van der Waals surface area contributed by atoms with Gasteiger partial charge in [0.1, 0.15) is 11.6 Å². The molecule has 4 rings (SSSR count). The average molecular weight is 472 g/mol. The van der Waals surface area contributed by atoms with Crippen LogP contribution in [0, 0.1) is 11.6 Å². The molecule has 0 aliphatic heterocycles. The van der Waals surface area contributed by atoms with Crippen molar-refractivity contribution in [2.45, 2.75) is 18.9 Å². The molecule has 4 aromatic rings. The van der Waals surface area contributed by atoms with Crippen LogP contribution in [0.4, 0.5) is 8.78 Å². The van der Waals surface area contributed by atoms with Crippen LogP contribution in [0.3, 0.4) is 0 Å². The van der Waals surface area contributed by atoms with E-state index in [1.165, 1.54) is 12.1 Å². The minimum atomic E-state index is -0.721. The Bertz CT molecular complexity index is 1340. The van der Waals surface area contributed by atoms with Crippen LogP contribution < -0.4 is 11.1 Å². The summed E-state index contributed by atoms with van der Waals surface area (Å²) in [6.07, 6.45) is 3.27. The lowest BCUT2D eigenvalue weighted by molar-refractivity contribution is -0.121. The Hall–Kier alpha value is -4.46. The molecule has 176 valence electrons. The van der Waals surface area contributed by atoms with E-state index in [0.717, 1.165) is 6.07 Å². The van der Waals surface area contributed by atoms with E-state index in [1.807, 2.05) is 0 Å². The van der Waals surface area contributed by atoms with E-state index in [-0.39, 0.29) is 18.7 Å². The van der Waals surface area contributed by atoms with E-state index < -0.39 is 23.6 Å². The lowest BCUT2D eigenvalue weighted by atomic mass is 9.94. The van der Waals surface area contributed by atoms with Gasteiger partial charge in [-0.3, -0.25) is 19.6 Å². The molecule has 2 amide bonds. The first kappa shape index (κ1) is 23.7. The van der Waals surface area contributed by atoms with Crippen molar-refractivity contribution in [1.82, 2.24) is 15.3 Å². The summed E-state index contributed by atoms with van der Waals surface area (Å²) in [5.74, 6) is -2.33. The molecular formula is C27H22F2N4O2. The van der Waals surface area contributed by atoms with Crippen molar-refractivity contribution < 1.29 is 18.4 Å². The van der Waals surface area contributed by atoms with Crippen LogP contribution in [-0.2, 0) is 17.6 Å². The maximum Gasteiger partial charge on any atom is 0.248 e. The van der Waals surface area contributed by atoms with Gasteiger partial charge in [-0.05, 0) is 60.0 Å². The molecule has 0 saturated carbocycles. The van der Waals surface area contributed by atoms with E-state index in [0.29, 0.717) is 33.6 Å². The maximum atomic E-state index is 13.9. The highest BCUT2D eigenvalue weighted by Gasteiger charge is 2.22. The predicted octanol–water partition coefficient (Wildman–Crippen LogP) is 4.16. The summed E-state index contributed by atoms with van der Waals surface area (Å²) in [5.41, 5.74) is 8.49. The second-order valence-electron chi connectivity index (χ2n) is 7.98. The molecule has 2 aromatic carbocycles. The Labute approximate surface area is 200 Å². The highest BCUT2D eigenvalue weighted by Crippen LogP contribution is 2.29. The molecule has 0 saturated heterocycles. The Morgan fingerprint density at radius 3 is 2.37 bits per heavy atom. The summed E-state index contributed by atoms with van der Waals surface area (Å²) < 4.78 is 27.8. The quantitative estimate of drug-likeness (QED) is 0.402. The van der Waals surface area contributed by atoms with E-state index in [9.17, 15) is 18.4 Å². The van der Waals surface area contributed by atoms with Crippen LogP contribution in [-0.4, -0.2) is 21.8 Å². The minimum absolute atomic E-state index is 0.0220. The van der Waals surface area contributed by atoms with Crippen molar-refractivity contribution in [3.05, 3.63) is 119 Å². The zero-order valence-corrected chi connectivity index (χ0v) is 18.6. The van der Waals surface area contributed by atoms with Gasteiger partial charge < -0.3 is 11.1 Å². The first-order chi connectivity index (χ1) is 16.9. The summed E-state index contributed by atoms with van der Waals surface area (Å²) >= 11 is 0. The van der Waals surface area contributed by atoms with Gasteiger partial charge >= 0.3 is 0 Å². The fourth-order valence-electron chi connectivity index (χ4n) is 3.87. The first-order valence-electron chi connectivity index (χ1n) is 10.9. The lowest BCUT2D eigenvalue weighted by Crippen LogP contribution is -2.32. The largest absolute Gasteiger partial charge is 0.366 e. The number of carbonyl (C=O) groups is 2. The number of hydrogen-bond donors (Lipinski definition) is 2. The van der Waals surface area contributed by atoms with Crippen molar-refractivity contribution in [3.8, 4) is 11.1 Å². The average Bonchev–Trinajstić information content (AvgIpc) is 2.84. The van der Waals surface area contributed by atoms with Gasteiger partial charge in [-0.25, -0.2) is 8.78 Å². The van der Waals surface area contributed by atoms with Crippen LogP contribution >= 0.6 is 0 Å². The van der Waals surface area contributed by atoms with Crippen molar-refractivity contribution in [1.29, 1.82) is 0 Å². The van der Waals surface area contributed by atoms with Gasteiger partial charge in [-0.15, -0.1) is 0 Å². The molecule has 2 aromatic heterocycles. The number of primary amides is 1. The number of aromatic nitrogens is 2. The molecule has 0 bridgehead atoms. The highest BCUT2D eigenvalue weighted by atomic mass is 19.1. The Morgan fingerprint density at radius 2 is 1.66 bits per heavy atom. The number of amides is 2. The summed E-state index contributed by atoms with van der Waals surface area (Å²) in [4.78, 5) is 33.3. The van der Waals surface area contributed by atoms with Crippen LogP contribution in [0.2, 0.25) is 0 Å². The minimum Gasteiger partial charge on any atom is -0.366 e. The number of pyridine rings is 2. The molecule has 0 spiro atoms. The van der Waals surface area contributed by atoms with Gasteiger partial charge in [0, 0.05) is 35.3 Å². The SMILES string of the molecule is NC(=O)c1cccc(-c2cccnc2[C@H](Cc2cc(F)cc(F)c2)NC(=O)Cc2ccccn2)c1. The molecule has 2 heterocycles. The summed E-state index contributed by atoms with van der Waals surface area (Å²) in [6.45, 7) is 0. The molecule has 0 radical (unpaired) electrons. The van der Waals surface area contributed by atoms with E-state index in [2.05, 4.69) is 15.3 Å². The van der Waals surface area contributed by atoms with Gasteiger partial charge in [0.05, 0.1) is 18.2 Å². The van der Waals surface area contributed by atoms with Crippen LogP contribution in [0.5, 0.6) is 0 Å². The molecule has 0 aliphatic rings. The predicted molar refractivity (Wildman–Crippen MR) is 127 cm³/mol. The molecule has 0 unspecified atom stereocenters. The molecule has 35 heavy (non-hydrogen) atoms. The second kappa shape index (κ2) is 10.6. The number of carbonyl (C=O) groups excluding carboxylic acids is 2. The van der Waals surface area contributed by atoms with Crippen molar-refractivity contribution >= 4 is 11.8 Å². The molecule has 1 atom stereocenters. The van der Waals surface area contributed by atoms with Gasteiger partial charge in [0.15, 0.2) is 0 Å². The second-order valence-corrected chi connectivity index (χ2v) is 7.98. The van der Waals surface area contributed by atoms with E-state index >= 15 is 0 Å². The third-order valence-electron chi connectivity index (χ3n) is 5.39. The smallest absolute Gasteiger partial charge is 0.248 e. The normalized spacial score (nSPS) is 11.6. The topological polar surface area (TPSA) is 98.0 Å². The number of nitrogens with zero attached hydrogens (tertiary/aromatic N) is 2. The van der Waals surface area contributed by atoms with Crippen LogP contribution in [0.1, 0.15) is 33.4 Å². The molecule has 6 nitrogen and oxygen atoms in total. The van der Waals surface area contributed by atoms with E-state index in [1.54, 1.807) is 67.0 Å². The van der Waals surface area contributed by atoms with E-state index in [4.69, 9.17) is 5.73 Å². The Morgan fingerprint density at radius 1 is 0.886 bits per heavy atom. The molecule has 0 fully saturated rings. The van der Waals surface area contributed by atoms with Crippen LogP contribution in [0.25, 0.3) is 11.1 Å². The van der Waals surface area contributed by atoms with Gasteiger partial charge in [-0.2, -0.15) is 0 Å². The van der Waals surface area contributed by atoms with Gasteiger partial charge in [0.2, 0.25) is 11.8 Å². The van der Waals surface area contributed by atoms with Crippen LogP contribution in [0.15, 0.2) is 85.2 Å². The summed E-state index contributed by atoms with van der Waals surface area (Å²) in [6, 6.07) is 18.0. The number of rotatable bonds is 8. The Kier molecular flexibility index (Phi) is 7.21. The Balaban J connectivity index is 1.72. The van der Waals surface area contributed by atoms with Crippen molar-refractivity contribution in [3.63, 3.8) is 0 Å².